The molecule has 0 amide bonds. The highest BCUT2D eigenvalue weighted by Gasteiger charge is 2.21. The van der Waals surface area contributed by atoms with Crippen molar-refractivity contribution in [3.63, 3.8) is 0 Å². The SMILES string of the molecule is O=Cc1ccc(S(=O)(=O)c2ccc(F)cc2)c(F)c1. The number of rotatable bonds is 3. The molecule has 6 heteroatoms. The first kappa shape index (κ1) is 13.4. The lowest BCUT2D eigenvalue weighted by atomic mass is 10.2. The molecule has 2 rings (SSSR count). The third kappa shape index (κ3) is 2.53. The maximum absolute atomic E-state index is 13.7. The fourth-order valence-electron chi connectivity index (χ4n) is 1.55. The highest BCUT2D eigenvalue weighted by molar-refractivity contribution is 7.91. The molecule has 19 heavy (non-hydrogen) atoms. The summed E-state index contributed by atoms with van der Waals surface area (Å²) < 4.78 is 50.7. The number of hydrogen-bond donors (Lipinski definition) is 0. The summed E-state index contributed by atoms with van der Waals surface area (Å²) in [5.41, 5.74) is 0.0376. The molecule has 2 aromatic carbocycles. The molecule has 0 saturated carbocycles. The summed E-state index contributed by atoms with van der Waals surface area (Å²) >= 11 is 0. The highest BCUT2D eigenvalue weighted by atomic mass is 32.2. The summed E-state index contributed by atoms with van der Waals surface area (Å²) in [4.78, 5) is 9.70. The molecule has 0 radical (unpaired) electrons. The number of sulfone groups is 1. The standard InChI is InChI=1S/C13H8F2O3S/c14-10-2-4-11(5-3-10)19(17,18)13-6-1-9(8-16)7-12(13)15/h1-8H. The van der Waals surface area contributed by atoms with Crippen LogP contribution in [-0.2, 0) is 9.84 Å². The Hall–Kier alpha value is -2.08. The first-order valence-corrected chi connectivity index (χ1v) is 6.69. The van der Waals surface area contributed by atoms with Crippen molar-refractivity contribution >= 4 is 16.1 Å². The minimum Gasteiger partial charge on any atom is -0.298 e. The minimum absolute atomic E-state index is 0.0376. The van der Waals surface area contributed by atoms with Gasteiger partial charge in [-0.15, -0.1) is 0 Å². The minimum atomic E-state index is -4.07. The van der Waals surface area contributed by atoms with Gasteiger partial charge < -0.3 is 0 Å². The van der Waals surface area contributed by atoms with Crippen LogP contribution >= 0.6 is 0 Å². The second-order valence-electron chi connectivity index (χ2n) is 3.77. The van der Waals surface area contributed by atoms with Crippen LogP contribution in [0, 0.1) is 11.6 Å². The maximum atomic E-state index is 13.7. The predicted octanol–water partition coefficient (Wildman–Crippen LogP) is 2.61. The van der Waals surface area contributed by atoms with Gasteiger partial charge in [0, 0.05) is 5.56 Å². The number of aldehydes is 1. The normalized spacial score (nSPS) is 11.3. The summed E-state index contributed by atoms with van der Waals surface area (Å²) in [7, 11) is -4.07. The van der Waals surface area contributed by atoms with Gasteiger partial charge in [-0.3, -0.25) is 4.79 Å². The molecule has 0 unspecified atom stereocenters. The Morgan fingerprint density at radius 2 is 1.58 bits per heavy atom. The molecular weight excluding hydrogens is 274 g/mol. The first-order chi connectivity index (χ1) is 8.95. The molecule has 0 aromatic heterocycles. The second-order valence-corrected chi connectivity index (χ2v) is 5.68. The third-order valence-corrected chi connectivity index (χ3v) is 4.31. The van der Waals surface area contributed by atoms with Gasteiger partial charge in [0.2, 0.25) is 9.84 Å². The van der Waals surface area contributed by atoms with Crippen molar-refractivity contribution in [2.24, 2.45) is 0 Å². The van der Waals surface area contributed by atoms with Crippen molar-refractivity contribution in [3.05, 3.63) is 59.7 Å². The van der Waals surface area contributed by atoms with Gasteiger partial charge in [0.1, 0.15) is 22.8 Å². The van der Waals surface area contributed by atoms with Gasteiger partial charge in [-0.05, 0) is 36.4 Å². The molecule has 0 saturated heterocycles. The van der Waals surface area contributed by atoms with Crippen molar-refractivity contribution < 1.29 is 22.0 Å². The van der Waals surface area contributed by atoms with Gasteiger partial charge >= 0.3 is 0 Å². The molecule has 3 nitrogen and oxygen atoms in total. The molecular formula is C13H8F2O3S. The van der Waals surface area contributed by atoms with E-state index in [1.54, 1.807) is 0 Å². The topological polar surface area (TPSA) is 51.2 Å². The van der Waals surface area contributed by atoms with E-state index in [9.17, 15) is 22.0 Å². The average Bonchev–Trinajstić information content (AvgIpc) is 2.38. The number of halogens is 2. The molecule has 0 heterocycles. The van der Waals surface area contributed by atoms with E-state index in [-0.39, 0.29) is 10.5 Å². The van der Waals surface area contributed by atoms with Crippen LogP contribution in [-0.4, -0.2) is 14.7 Å². The molecule has 0 aliphatic rings. The summed E-state index contributed by atoms with van der Waals surface area (Å²) in [5, 5.41) is 0. The molecule has 0 aliphatic heterocycles. The fraction of sp³-hybridized carbons (Fsp3) is 0. The van der Waals surface area contributed by atoms with Gasteiger partial charge in [-0.2, -0.15) is 0 Å². The van der Waals surface area contributed by atoms with Gasteiger partial charge in [0.25, 0.3) is 0 Å². The van der Waals surface area contributed by atoms with Crippen molar-refractivity contribution in [2.45, 2.75) is 9.79 Å². The molecule has 0 fully saturated rings. The predicted molar refractivity (Wildman–Crippen MR) is 63.6 cm³/mol. The lowest BCUT2D eigenvalue weighted by Crippen LogP contribution is -2.05. The van der Waals surface area contributed by atoms with Gasteiger partial charge in [-0.25, -0.2) is 17.2 Å². The molecule has 98 valence electrons. The van der Waals surface area contributed by atoms with Crippen LogP contribution < -0.4 is 0 Å². The van der Waals surface area contributed by atoms with Crippen molar-refractivity contribution in [1.29, 1.82) is 0 Å². The molecule has 0 N–H and O–H groups in total. The highest BCUT2D eigenvalue weighted by Crippen LogP contribution is 2.24. The van der Waals surface area contributed by atoms with Crippen molar-refractivity contribution in [1.82, 2.24) is 0 Å². The van der Waals surface area contributed by atoms with Gasteiger partial charge in [-0.1, -0.05) is 6.07 Å². The molecule has 0 bridgehead atoms. The van der Waals surface area contributed by atoms with Crippen molar-refractivity contribution in [2.75, 3.05) is 0 Å². The Morgan fingerprint density at radius 3 is 2.11 bits per heavy atom. The number of benzene rings is 2. The van der Waals surface area contributed by atoms with E-state index >= 15 is 0 Å². The zero-order valence-corrected chi connectivity index (χ0v) is 10.3. The van der Waals surface area contributed by atoms with Gasteiger partial charge in [0.05, 0.1) is 4.90 Å². The zero-order valence-electron chi connectivity index (χ0n) is 9.51. The monoisotopic (exact) mass is 282 g/mol. The molecule has 0 aliphatic carbocycles. The Bertz CT molecular complexity index is 722. The Kier molecular flexibility index (Phi) is 3.44. The van der Waals surface area contributed by atoms with E-state index in [0.29, 0.717) is 6.29 Å². The van der Waals surface area contributed by atoms with E-state index in [0.717, 1.165) is 36.4 Å². The Balaban J connectivity index is 2.56. The number of carbonyl (C=O) groups is 1. The van der Waals surface area contributed by atoms with Crippen molar-refractivity contribution in [3.8, 4) is 0 Å². The summed E-state index contributed by atoms with van der Waals surface area (Å²) in [6.45, 7) is 0. The molecule has 2 aromatic rings. The van der Waals surface area contributed by atoms with E-state index in [1.807, 2.05) is 0 Å². The quantitative estimate of drug-likeness (QED) is 0.642. The Morgan fingerprint density at radius 1 is 0.947 bits per heavy atom. The van der Waals surface area contributed by atoms with Crippen LogP contribution in [0.3, 0.4) is 0 Å². The Labute approximate surface area is 108 Å². The second kappa shape index (κ2) is 4.89. The first-order valence-electron chi connectivity index (χ1n) is 5.20. The molecule has 0 atom stereocenters. The van der Waals surface area contributed by atoms with Crippen LogP contribution in [0.2, 0.25) is 0 Å². The molecule has 0 spiro atoms. The van der Waals surface area contributed by atoms with Crippen LogP contribution in [0.25, 0.3) is 0 Å². The van der Waals surface area contributed by atoms with Crippen LogP contribution in [0.4, 0.5) is 8.78 Å². The fourth-order valence-corrected chi connectivity index (χ4v) is 2.86. The number of carbonyl (C=O) groups excluding carboxylic acids is 1. The average molecular weight is 282 g/mol. The summed E-state index contributed by atoms with van der Waals surface area (Å²) in [6.07, 6.45) is 0.414. The van der Waals surface area contributed by atoms with E-state index in [1.165, 1.54) is 6.07 Å². The number of hydrogen-bond acceptors (Lipinski definition) is 3. The third-order valence-electron chi connectivity index (χ3n) is 2.51. The van der Waals surface area contributed by atoms with E-state index in [2.05, 4.69) is 0 Å². The largest absolute Gasteiger partial charge is 0.298 e. The zero-order chi connectivity index (χ0) is 14.0. The van der Waals surface area contributed by atoms with Crippen LogP contribution in [0.5, 0.6) is 0 Å². The lowest BCUT2D eigenvalue weighted by molar-refractivity contribution is 0.112. The van der Waals surface area contributed by atoms with Gasteiger partial charge in [0.15, 0.2) is 0 Å². The smallest absolute Gasteiger partial charge is 0.209 e. The van der Waals surface area contributed by atoms with E-state index in [4.69, 9.17) is 0 Å². The summed E-state index contributed by atoms with van der Waals surface area (Å²) in [5.74, 6) is -1.61. The summed E-state index contributed by atoms with van der Waals surface area (Å²) in [6, 6.07) is 7.11. The van der Waals surface area contributed by atoms with Crippen LogP contribution in [0.15, 0.2) is 52.3 Å². The lowest BCUT2D eigenvalue weighted by Gasteiger charge is -2.06. The maximum Gasteiger partial charge on any atom is 0.209 e. The van der Waals surface area contributed by atoms with E-state index < -0.39 is 26.4 Å². The van der Waals surface area contributed by atoms with Crippen LogP contribution in [0.1, 0.15) is 10.4 Å².